The Morgan fingerprint density at radius 2 is 2.14 bits per heavy atom. The lowest BCUT2D eigenvalue weighted by Crippen LogP contribution is -2.21. The molecule has 1 aliphatic heterocycles. The Labute approximate surface area is 172 Å². The van der Waals surface area contributed by atoms with E-state index in [2.05, 4.69) is 21.6 Å². The average molecular weight is 407 g/mol. The highest BCUT2D eigenvalue weighted by Crippen LogP contribution is 2.29. The molecule has 7 nitrogen and oxygen atoms in total. The number of pyridine rings is 1. The van der Waals surface area contributed by atoms with E-state index in [-0.39, 0.29) is 5.91 Å². The Bertz CT molecular complexity index is 1140. The van der Waals surface area contributed by atoms with Gasteiger partial charge in [0.05, 0.1) is 17.1 Å². The van der Waals surface area contributed by atoms with Gasteiger partial charge in [-0.1, -0.05) is 0 Å². The molecule has 29 heavy (non-hydrogen) atoms. The second kappa shape index (κ2) is 7.81. The quantitative estimate of drug-likeness (QED) is 0.549. The van der Waals surface area contributed by atoms with Crippen molar-refractivity contribution >= 4 is 22.9 Å². The van der Waals surface area contributed by atoms with Crippen LogP contribution < -0.4 is 5.32 Å². The standard InChI is InChI=1S/C21H21N5O2S/c27-21(23-12-15-3-7-25-8-6-22-20(25)11-15)19-2-1-18(29-19)16-13-24-26(14-16)17-4-9-28-10-5-17/h1-3,6-8,11,13-14,17H,4-5,9-10,12H2,(H,23,27). The van der Waals surface area contributed by atoms with E-state index in [1.807, 2.05) is 51.9 Å². The molecule has 5 rings (SSSR count). The van der Waals surface area contributed by atoms with Crippen molar-refractivity contribution in [2.24, 2.45) is 0 Å². The zero-order valence-corrected chi connectivity index (χ0v) is 16.6. The lowest BCUT2D eigenvalue weighted by molar-refractivity contribution is 0.0662. The maximum atomic E-state index is 12.6. The molecular formula is C21H21N5O2S. The third-order valence-corrected chi connectivity index (χ3v) is 6.33. The highest BCUT2D eigenvalue weighted by molar-refractivity contribution is 7.17. The lowest BCUT2D eigenvalue weighted by Gasteiger charge is -2.22. The summed E-state index contributed by atoms with van der Waals surface area (Å²) in [5.74, 6) is -0.0683. The van der Waals surface area contributed by atoms with Gasteiger partial charge < -0.3 is 14.5 Å². The first kappa shape index (κ1) is 18.1. The van der Waals surface area contributed by atoms with Crippen molar-refractivity contribution in [1.82, 2.24) is 24.5 Å². The van der Waals surface area contributed by atoms with Crippen LogP contribution in [0.1, 0.15) is 34.1 Å². The summed E-state index contributed by atoms with van der Waals surface area (Å²) in [6.07, 6.45) is 11.5. The van der Waals surface area contributed by atoms with E-state index in [9.17, 15) is 4.79 Å². The Balaban J connectivity index is 1.24. The van der Waals surface area contributed by atoms with Crippen molar-refractivity contribution in [2.75, 3.05) is 13.2 Å². The number of nitrogens with one attached hydrogen (secondary N) is 1. The Morgan fingerprint density at radius 1 is 1.24 bits per heavy atom. The number of ether oxygens (including phenoxy) is 1. The van der Waals surface area contributed by atoms with Crippen LogP contribution >= 0.6 is 11.3 Å². The molecule has 8 heteroatoms. The van der Waals surface area contributed by atoms with Crippen LogP contribution in [0.25, 0.3) is 16.1 Å². The molecule has 0 spiro atoms. The largest absolute Gasteiger partial charge is 0.381 e. The maximum absolute atomic E-state index is 12.6. The zero-order chi connectivity index (χ0) is 19.6. The Kier molecular flexibility index (Phi) is 4.87. The summed E-state index contributed by atoms with van der Waals surface area (Å²) >= 11 is 1.49. The molecule has 1 amide bonds. The molecular weight excluding hydrogens is 386 g/mol. The first-order valence-corrected chi connectivity index (χ1v) is 10.5. The summed E-state index contributed by atoms with van der Waals surface area (Å²) in [6, 6.07) is 8.22. The number of carbonyl (C=O) groups is 1. The van der Waals surface area contributed by atoms with E-state index >= 15 is 0 Å². The van der Waals surface area contributed by atoms with Gasteiger partial charge in [-0.2, -0.15) is 5.10 Å². The van der Waals surface area contributed by atoms with Gasteiger partial charge in [-0.15, -0.1) is 11.3 Å². The maximum Gasteiger partial charge on any atom is 0.261 e. The second-order valence-electron chi connectivity index (χ2n) is 7.13. The number of aromatic nitrogens is 4. The van der Waals surface area contributed by atoms with Crippen LogP contribution in [0, 0.1) is 0 Å². The smallest absolute Gasteiger partial charge is 0.261 e. The van der Waals surface area contributed by atoms with Crippen molar-refractivity contribution in [3.8, 4) is 10.4 Å². The SMILES string of the molecule is O=C(NCc1ccn2ccnc2c1)c1ccc(-c2cnn(C3CCOCC3)c2)s1. The van der Waals surface area contributed by atoms with Gasteiger partial charge >= 0.3 is 0 Å². The van der Waals surface area contributed by atoms with Crippen molar-refractivity contribution in [3.05, 3.63) is 65.7 Å². The molecule has 4 aromatic rings. The molecule has 0 bridgehead atoms. The molecule has 4 aromatic heterocycles. The number of hydrogen-bond acceptors (Lipinski definition) is 5. The number of fused-ring (bicyclic) bond motifs is 1. The van der Waals surface area contributed by atoms with E-state index < -0.39 is 0 Å². The van der Waals surface area contributed by atoms with Crippen molar-refractivity contribution in [1.29, 1.82) is 0 Å². The summed E-state index contributed by atoms with van der Waals surface area (Å²) < 4.78 is 9.40. The van der Waals surface area contributed by atoms with Gasteiger partial charge in [0, 0.05) is 55.0 Å². The van der Waals surface area contributed by atoms with Gasteiger partial charge in [0.1, 0.15) is 5.65 Å². The van der Waals surface area contributed by atoms with E-state index in [0.717, 1.165) is 47.7 Å². The highest BCUT2D eigenvalue weighted by atomic mass is 32.1. The van der Waals surface area contributed by atoms with E-state index in [1.54, 1.807) is 6.20 Å². The first-order valence-electron chi connectivity index (χ1n) is 9.68. The van der Waals surface area contributed by atoms with Crippen LogP contribution in [0.4, 0.5) is 0 Å². The number of nitrogens with zero attached hydrogens (tertiary/aromatic N) is 4. The minimum absolute atomic E-state index is 0.0683. The number of thiophene rings is 1. The molecule has 148 valence electrons. The van der Waals surface area contributed by atoms with Gasteiger partial charge in [0.25, 0.3) is 5.91 Å². The van der Waals surface area contributed by atoms with Gasteiger partial charge in [-0.05, 0) is 42.7 Å². The summed E-state index contributed by atoms with van der Waals surface area (Å²) in [4.78, 5) is 18.6. The van der Waals surface area contributed by atoms with Crippen LogP contribution in [-0.2, 0) is 11.3 Å². The van der Waals surface area contributed by atoms with Gasteiger partial charge in [0.2, 0.25) is 0 Å². The second-order valence-corrected chi connectivity index (χ2v) is 8.21. The van der Waals surface area contributed by atoms with Gasteiger partial charge in [0.15, 0.2) is 0 Å². The number of imidazole rings is 1. The van der Waals surface area contributed by atoms with Crippen LogP contribution in [0.3, 0.4) is 0 Å². The number of rotatable bonds is 5. The fourth-order valence-corrected chi connectivity index (χ4v) is 4.46. The zero-order valence-electron chi connectivity index (χ0n) is 15.8. The molecule has 0 saturated carbocycles. The minimum atomic E-state index is -0.0683. The van der Waals surface area contributed by atoms with E-state index in [1.165, 1.54) is 11.3 Å². The molecule has 0 aliphatic carbocycles. The summed E-state index contributed by atoms with van der Waals surface area (Å²) in [5.41, 5.74) is 2.94. The number of amides is 1. The van der Waals surface area contributed by atoms with Gasteiger partial charge in [-0.3, -0.25) is 9.48 Å². The average Bonchev–Trinajstić information content (AvgIpc) is 3.52. The van der Waals surface area contributed by atoms with E-state index in [4.69, 9.17) is 4.74 Å². The molecule has 5 heterocycles. The van der Waals surface area contributed by atoms with Crippen molar-refractivity contribution < 1.29 is 9.53 Å². The predicted octanol–water partition coefficient (Wildman–Crippen LogP) is 3.54. The fraction of sp³-hybridized carbons (Fsp3) is 0.286. The fourth-order valence-electron chi connectivity index (χ4n) is 3.56. The topological polar surface area (TPSA) is 73.5 Å². The molecule has 1 N–H and O–H groups in total. The third-order valence-electron chi connectivity index (χ3n) is 5.20. The highest BCUT2D eigenvalue weighted by Gasteiger charge is 2.18. The molecule has 0 unspecified atom stereocenters. The normalized spacial score (nSPS) is 15.0. The summed E-state index contributed by atoms with van der Waals surface area (Å²) in [7, 11) is 0. The van der Waals surface area contributed by atoms with Crippen LogP contribution in [0.5, 0.6) is 0 Å². The van der Waals surface area contributed by atoms with Crippen molar-refractivity contribution in [2.45, 2.75) is 25.4 Å². The van der Waals surface area contributed by atoms with E-state index in [0.29, 0.717) is 17.5 Å². The Hall–Kier alpha value is -2.97. The summed E-state index contributed by atoms with van der Waals surface area (Å²) in [6.45, 7) is 2.05. The van der Waals surface area contributed by atoms with Crippen LogP contribution in [-0.4, -0.2) is 38.3 Å². The number of hydrogen-bond donors (Lipinski definition) is 1. The first-order chi connectivity index (χ1) is 14.3. The molecule has 1 saturated heterocycles. The lowest BCUT2D eigenvalue weighted by atomic mass is 10.1. The minimum Gasteiger partial charge on any atom is -0.381 e. The Morgan fingerprint density at radius 3 is 3.03 bits per heavy atom. The predicted molar refractivity (Wildman–Crippen MR) is 111 cm³/mol. The third kappa shape index (κ3) is 3.81. The molecule has 0 aromatic carbocycles. The number of carbonyl (C=O) groups excluding carboxylic acids is 1. The van der Waals surface area contributed by atoms with Crippen molar-refractivity contribution in [3.63, 3.8) is 0 Å². The summed E-state index contributed by atoms with van der Waals surface area (Å²) in [5, 5.41) is 7.52. The molecule has 1 fully saturated rings. The molecule has 1 aliphatic rings. The monoisotopic (exact) mass is 407 g/mol. The van der Waals surface area contributed by atoms with Crippen LogP contribution in [0.2, 0.25) is 0 Å². The molecule has 0 atom stereocenters. The van der Waals surface area contributed by atoms with Gasteiger partial charge in [-0.25, -0.2) is 4.98 Å². The van der Waals surface area contributed by atoms with Crippen LogP contribution in [0.15, 0.2) is 55.2 Å². The molecule has 0 radical (unpaired) electrons.